The molecule has 0 saturated heterocycles. The van der Waals surface area contributed by atoms with Crippen LogP contribution in [0.4, 0.5) is 13.2 Å². The van der Waals surface area contributed by atoms with E-state index < -0.39 is 24.0 Å². The molecule has 1 aromatic heterocycles. The number of aromatic carboxylic acids is 1. The molecular formula is C14H15F3N2O2. The van der Waals surface area contributed by atoms with Gasteiger partial charge < -0.3 is 9.67 Å². The second kappa shape index (κ2) is 5.05. The molecule has 4 nitrogen and oxygen atoms in total. The lowest BCUT2D eigenvalue weighted by molar-refractivity contribution is -0.147. The van der Waals surface area contributed by atoms with Crippen LogP contribution < -0.4 is 0 Å². The highest BCUT2D eigenvalue weighted by Gasteiger charge is 2.39. The van der Waals surface area contributed by atoms with Crippen molar-refractivity contribution in [1.29, 1.82) is 0 Å². The summed E-state index contributed by atoms with van der Waals surface area (Å²) in [5, 5.41) is 9.10. The van der Waals surface area contributed by atoms with Gasteiger partial charge in [-0.15, -0.1) is 0 Å². The molecule has 2 aromatic rings. The highest BCUT2D eigenvalue weighted by molar-refractivity contribution is 6.01. The van der Waals surface area contributed by atoms with Crippen LogP contribution in [0.1, 0.15) is 43.0 Å². The van der Waals surface area contributed by atoms with E-state index in [4.69, 9.17) is 5.11 Å². The van der Waals surface area contributed by atoms with Crippen molar-refractivity contribution >= 4 is 17.0 Å². The first-order chi connectivity index (χ1) is 9.64. The summed E-state index contributed by atoms with van der Waals surface area (Å²) in [6.07, 6.45) is -4.64. The number of hydrogen-bond donors (Lipinski definition) is 1. The molecule has 0 saturated carbocycles. The molecule has 0 aliphatic heterocycles. The normalized spacial score (nSPS) is 13.9. The van der Waals surface area contributed by atoms with E-state index in [-0.39, 0.29) is 22.5 Å². The fourth-order valence-electron chi connectivity index (χ4n) is 2.20. The van der Waals surface area contributed by atoms with Crippen molar-refractivity contribution in [2.75, 3.05) is 0 Å². The third kappa shape index (κ3) is 2.59. The zero-order valence-electron chi connectivity index (χ0n) is 11.8. The number of carboxylic acids is 1. The topological polar surface area (TPSA) is 55.1 Å². The number of carbonyl (C=O) groups is 1. The molecule has 0 aliphatic carbocycles. The number of alkyl halides is 3. The number of benzene rings is 1. The monoisotopic (exact) mass is 300 g/mol. The largest absolute Gasteiger partial charge is 0.478 e. The van der Waals surface area contributed by atoms with Crippen LogP contribution in [0.2, 0.25) is 0 Å². The zero-order valence-corrected chi connectivity index (χ0v) is 11.8. The van der Waals surface area contributed by atoms with Crippen molar-refractivity contribution < 1.29 is 23.1 Å². The molecule has 0 radical (unpaired) electrons. The Morgan fingerprint density at radius 2 is 1.90 bits per heavy atom. The quantitative estimate of drug-likeness (QED) is 0.933. The van der Waals surface area contributed by atoms with Gasteiger partial charge in [-0.3, -0.25) is 0 Å². The fourth-order valence-corrected chi connectivity index (χ4v) is 2.20. The first-order valence-electron chi connectivity index (χ1n) is 6.46. The summed E-state index contributed by atoms with van der Waals surface area (Å²) in [6, 6.07) is 3.68. The Morgan fingerprint density at radius 1 is 1.29 bits per heavy atom. The Hall–Kier alpha value is -2.05. The number of aromatic nitrogens is 2. The number of carboxylic acid groups (broad SMARTS) is 1. The number of nitrogens with zero attached hydrogens (tertiary/aromatic N) is 2. The standard InChI is InChI=1S/C14H15F3N2O2/c1-7(2)8(3)19-10-6-4-5-9(12(20)21)11(10)18-13(19)14(15,16)17/h4-8H,1-3H3,(H,20,21). The van der Waals surface area contributed by atoms with Crippen molar-refractivity contribution in [2.24, 2.45) is 5.92 Å². The van der Waals surface area contributed by atoms with E-state index in [1.54, 1.807) is 20.8 Å². The molecule has 1 aromatic carbocycles. The van der Waals surface area contributed by atoms with Crippen molar-refractivity contribution in [3.8, 4) is 0 Å². The Bertz CT molecular complexity index is 689. The van der Waals surface area contributed by atoms with Gasteiger partial charge in [-0.2, -0.15) is 13.2 Å². The Labute approximate surface area is 119 Å². The lowest BCUT2D eigenvalue weighted by Gasteiger charge is -2.21. The minimum atomic E-state index is -4.64. The Kier molecular flexibility index (Phi) is 3.69. The summed E-state index contributed by atoms with van der Waals surface area (Å²) in [4.78, 5) is 14.7. The van der Waals surface area contributed by atoms with Crippen molar-refractivity contribution in [3.63, 3.8) is 0 Å². The van der Waals surface area contributed by atoms with Gasteiger partial charge in [0.2, 0.25) is 5.82 Å². The second-order valence-corrected chi connectivity index (χ2v) is 5.27. The number of imidazole rings is 1. The molecule has 1 atom stereocenters. The van der Waals surface area contributed by atoms with E-state index >= 15 is 0 Å². The van der Waals surface area contributed by atoms with E-state index in [0.29, 0.717) is 0 Å². The van der Waals surface area contributed by atoms with E-state index in [1.807, 2.05) is 0 Å². The molecule has 0 amide bonds. The highest BCUT2D eigenvalue weighted by Crippen LogP contribution is 2.36. The van der Waals surface area contributed by atoms with Crippen LogP contribution in [0, 0.1) is 5.92 Å². The van der Waals surface area contributed by atoms with Gasteiger partial charge in [0.1, 0.15) is 5.52 Å². The van der Waals surface area contributed by atoms with Crippen molar-refractivity contribution in [2.45, 2.75) is 33.0 Å². The molecule has 1 unspecified atom stereocenters. The van der Waals surface area contributed by atoms with Crippen LogP contribution in [0.15, 0.2) is 18.2 Å². The fraction of sp³-hybridized carbons (Fsp3) is 0.429. The van der Waals surface area contributed by atoms with Gasteiger partial charge in [0.15, 0.2) is 0 Å². The summed E-state index contributed by atoms with van der Waals surface area (Å²) >= 11 is 0. The van der Waals surface area contributed by atoms with Crippen LogP contribution in [0.25, 0.3) is 11.0 Å². The van der Waals surface area contributed by atoms with E-state index in [1.165, 1.54) is 18.2 Å². The predicted molar refractivity (Wildman–Crippen MR) is 71.2 cm³/mol. The third-order valence-electron chi connectivity index (χ3n) is 3.58. The van der Waals surface area contributed by atoms with Crippen LogP contribution >= 0.6 is 0 Å². The molecule has 2 rings (SSSR count). The van der Waals surface area contributed by atoms with Gasteiger partial charge in [-0.05, 0) is 25.0 Å². The molecular weight excluding hydrogens is 285 g/mol. The molecule has 21 heavy (non-hydrogen) atoms. The maximum Gasteiger partial charge on any atom is 0.449 e. The molecule has 1 heterocycles. The van der Waals surface area contributed by atoms with Crippen LogP contribution in [0.5, 0.6) is 0 Å². The number of para-hydroxylation sites is 1. The summed E-state index contributed by atoms with van der Waals surface area (Å²) in [7, 11) is 0. The minimum Gasteiger partial charge on any atom is -0.478 e. The van der Waals surface area contributed by atoms with Gasteiger partial charge in [-0.25, -0.2) is 9.78 Å². The molecule has 114 valence electrons. The number of rotatable bonds is 3. The summed E-state index contributed by atoms with van der Waals surface area (Å²) < 4.78 is 40.7. The van der Waals surface area contributed by atoms with Crippen LogP contribution in [-0.2, 0) is 6.18 Å². The van der Waals surface area contributed by atoms with Crippen LogP contribution in [0.3, 0.4) is 0 Å². The van der Waals surface area contributed by atoms with E-state index in [9.17, 15) is 18.0 Å². The zero-order chi connectivity index (χ0) is 15.9. The van der Waals surface area contributed by atoms with E-state index in [2.05, 4.69) is 4.98 Å². The lowest BCUT2D eigenvalue weighted by atomic mass is 10.1. The lowest BCUT2D eigenvalue weighted by Crippen LogP contribution is -2.20. The van der Waals surface area contributed by atoms with Crippen LogP contribution in [-0.4, -0.2) is 20.6 Å². The number of fused-ring (bicyclic) bond motifs is 1. The van der Waals surface area contributed by atoms with Gasteiger partial charge in [0.25, 0.3) is 0 Å². The molecule has 0 aliphatic rings. The molecule has 0 bridgehead atoms. The average Bonchev–Trinajstić information content (AvgIpc) is 2.76. The SMILES string of the molecule is CC(C)C(C)n1c(C(F)(F)F)nc2c(C(=O)O)cccc21. The smallest absolute Gasteiger partial charge is 0.449 e. The number of halogens is 3. The molecule has 0 fully saturated rings. The first kappa shape index (κ1) is 15.3. The van der Waals surface area contributed by atoms with Gasteiger partial charge in [0.05, 0.1) is 11.1 Å². The maximum atomic E-state index is 13.2. The van der Waals surface area contributed by atoms with Gasteiger partial charge in [-0.1, -0.05) is 19.9 Å². The predicted octanol–water partition coefficient (Wildman–Crippen LogP) is 3.97. The van der Waals surface area contributed by atoms with Crippen molar-refractivity contribution in [3.05, 3.63) is 29.6 Å². The van der Waals surface area contributed by atoms with Crippen molar-refractivity contribution in [1.82, 2.24) is 9.55 Å². The Morgan fingerprint density at radius 3 is 2.38 bits per heavy atom. The highest BCUT2D eigenvalue weighted by atomic mass is 19.4. The Balaban J connectivity index is 2.86. The van der Waals surface area contributed by atoms with Gasteiger partial charge in [0, 0.05) is 6.04 Å². The molecule has 7 heteroatoms. The van der Waals surface area contributed by atoms with E-state index in [0.717, 1.165) is 4.57 Å². The van der Waals surface area contributed by atoms with Gasteiger partial charge >= 0.3 is 12.1 Å². The summed E-state index contributed by atoms with van der Waals surface area (Å²) in [5.74, 6) is -2.42. The average molecular weight is 300 g/mol. The third-order valence-corrected chi connectivity index (χ3v) is 3.58. The minimum absolute atomic E-state index is 0.0583. The summed E-state index contributed by atoms with van der Waals surface area (Å²) in [5.41, 5.74) is -0.180. The molecule has 0 spiro atoms. The summed E-state index contributed by atoms with van der Waals surface area (Å²) in [6.45, 7) is 5.27. The first-order valence-corrected chi connectivity index (χ1v) is 6.46. The molecule has 1 N–H and O–H groups in total. The second-order valence-electron chi connectivity index (χ2n) is 5.27. The number of hydrogen-bond acceptors (Lipinski definition) is 2. The maximum absolute atomic E-state index is 13.2.